The fraction of sp³-hybridized carbons (Fsp3) is 0.111. The number of nitrogens with zero attached hydrogens (tertiary/aromatic N) is 2. The predicted octanol–water partition coefficient (Wildman–Crippen LogP) is 3.61. The van der Waals surface area contributed by atoms with E-state index >= 15 is 0 Å². The predicted molar refractivity (Wildman–Crippen MR) is 108 cm³/mol. The largest absolute Gasteiger partial charge is 0.395 e. The highest BCUT2D eigenvalue weighted by molar-refractivity contribution is 7.12. The Kier molecular flexibility index (Phi) is 6.14. The van der Waals surface area contributed by atoms with E-state index in [9.17, 15) is 24.8 Å². The van der Waals surface area contributed by atoms with E-state index in [1.165, 1.54) is 45.8 Å². The van der Waals surface area contributed by atoms with E-state index in [0.717, 1.165) is 0 Å². The molecule has 0 atom stereocenters. The van der Waals surface area contributed by atoms with Crippen molar-refractivity contribution in [2.24, 2.45) is 0 Å². The van der Waals surface area contributed by atoms with E-state index in [1.807, 2.05) is 0 Å². The quantitative estimate of drug-likeness (QED) is 0.450. The van der Waals surface area contributed by atoms with Gasteiger partial charge in [0.1, 0.15) is 0 Å². The minimum absolute atomic E-state index is 0.0313. The molecule has 3 aromatic rings. The molecule has 2 aromatic heterocycles. The molecule has 3 rings (SSSR count). The number of nitro groups is 1. The highest BCUT2D eigenvalue weighted by atomic mass is 32.1. The summed E-state index contributed by atoms with van der Waals surface area (Å²) in [5, 5.41) is 26.7. The topological polar surface area (TPSA) is 113 Å². The molecule has 0 saturated heterocycles. The van der Waals surface area contributed by atoms with Gasteiger partial charge in [-0.3, -0.25) is 19.7 Å². The maximum absolute atomic E-state index is 12.9. The van der Waals surface area contributed by atoms with Crippen LogP contribution in [0, 0.1) is 10.1 Å². The Morgan fingerprint density at radius 1 is 1.11 bits per heavy atom. The van der Waals surface area contributed by atoms with Crippen LogP contribution in [0.2, 0.25) is 0 Å². The van der Waals surface area contributed by atoms with Gasteiger partial charge < -0.3 is 15.3 Å². The first-order valence-corrected chi connectivity index (χ1v) is 9.86. The smallest absolute Gasteiger partial charge is 0.271 e. The van der Waals surface area contributed by atoms with Crippen molar-refractivity contribution in [2.75, 3.05) is 23.4 Å². The standard InChI is InChI=1S/C18H15N3O5S2/c22-8-7-20(18(24)16-4-2-10-28-16)14-6-5-12(21(25)26)11-13(14)19-17(23)15-3-1-9-27-15/h1-6,9-11,22H,7-8H2,(H,19,23). The van der Waals surface area contributed by atoms with E-state index in [1.54, 1.807) is 35.0 Å². The Morgan fingerprint density at radius 2 is 1.79 bits per heavy atom. The van der Waals surface area contributed by atoms with Crippen LogP contribution in [-0.4, -0.2) is 35.0 Å². The number of nitro benzene ring substituents is 1. The monoisotopic (exact) mass is 417 g/mol. The summed E-state index contributed by atoms with van der Waals surface area (Å²) >= 11 is 2.46. The molecule has 0 unspecified atom stereocenters. The van der Waals surface area contributed by atoms with Crippen LogP contribution >= 0.6 is 22.7 Å². The third kappa shape index (κ3) is 4.25. The lowest BCUT2D eigenvalue weighted by Gasteiger charge is -2.24. The molecule has 144 valence electrons. The van der Waals surface area contributed by atoms with Crippen LogP contribution in [-0.2, 0) is 0 Å². The van der Waals surface area contributed by atoms with Crippen molar-refractivity contribution < 1.29 is 19.6 Å². The minimum Gasteiger partial charge on any atom is -0.395 e. The fourth-order valence-electron chi connectivity index (χ4n) is 2.53. The lowest BCUT2D eigenvalue weighted by Crippen LogP contribution is -2.34. The number of amides is 2. The van der Waals surface area contributed by atoms with Crippen LogP contribution in [0.3, 0.4) is 0 Å². The van der Waals surface area contributed by atoms with E-state index in [0.29, 0.717) is 9.75 Å². The third-order valence-corrected chi connectivity index (χ3v) is 5.50. The molecule has 2 heterocycles. The summed E-state index contributed by atoms with van der Waals surface area (Å²) in [7, 11) is 0. The number of carbonyl (C=O) groups is 2. The zero-order chi connectivity index (χ0) is 20.1. The van der Waals surface area contributed by atoms with Gasteiger partial charge in [0, 0.05) is 18.7 Å². The highest BCUT2D eigenvalue weighted by Gasteiger charge is 2.24. The zero-order valence-corrected chi connectivity index (χ0v) is 16.0. The van der Waals surface area contributed by atoms with E-state index in [2.05, 4.69) is 5.32 Å². The van der Waals surface area contributed by atoms with Gasteiger partial charge in [-0.05, 0) is 29.0 Å². The molecule has 0 spiro atoms. The van der Waals surface area contributed by atoms with Crippen molar-refractivity contribution in [3.05, 3.63) is 73.1 Å². The Bertz CT molecular complexity index is 987. The van der Waals surface area contributed by atoms with Gasteiger partial charge in [-0.1, -0.05) is 12.1 Å². The maximum Gasteiger partial charge on any atom is 0.271 e. The second kappa shape index (κ2) is 8.74. The molecule has 0 bridgehead atoms. The highest BCUT2D eigenvalue weighted by Crippen LogP contribution is 2.32. The van der Waals surface area contributed by atoms with Crippen molar-refractivity contribution in [3.63, 3.8) is 0 Å². The van der Waals surface area contributed by atoms with E-state index < -0.39 is 10.8 Å². The first kappa shape index (κ1) is 19.7. The number of hydrogen-bond acceptors (Lipinski definition) is 7. The van der Waals surface area contributed by atoms with Crippen molar-refractivity contribution in [2.45, 2.75) is 0 Å². The van der Waals surface area contributed by atoms with Crippen LogP contribution < -0.4 is 10.2 Å². The number of non-ortho nitro benzene ring substituents is 1. The van der Waals surface area contributed by atoms with Gasteiger partial charge in [0.25, 0.3) is 17.5 Å². The van der Waals surface area contributed by atoms with Crippen molar-refractivity contribution >= 4 is 51.6 Å². The fourth-order valence-corrected chi connectivity index (χ4v) is 3.82. The van der Waals surface area contributed by atoms with Crippen LogP contribution in [0.1, 0.15) is 19.3 Å². The normalized spacial score (nSPS) is 10.5. The average Bonchev–Trinajstić information content (AvgIpc) is 3.39. The molecular formula is C18H15N3O5S2. The number of rotatable bonds is 7. The number of aliphatic hydroxyl groups excluding tert-OH is 1. The number of nitrogens with one attached hydrogen (secondary N) is 1. The summed E-state index contributed by atoms with van der Waals surface area (Å²) < 4.78 is 0. The number of thiophene rings is 2. The summed E-state index contributed by atoms with van der Waals surface area (Å²) in [6, 6.07) is 10.6. The van der Waals surface area contributed by atoms with Crippen molar-refractivity contribution in [1.82, 2.24) is 0 Å². The Labute approximate surface area is 167 Å². The number of anilines is 2. The van der Waals surface area contributed by atoms with E-state index in [-0.39, 0.29) is 36.1 Å². The molecular weight excluding hydrogens is 402 g/mol. The molecule has 0 saturated carbocycles. The molecule has 2 N–H and O–H groups in total. The van der Waals surface area contributed by atoms with Crippen molar-refractivity contribution in [3.8, 4) is 0 Å². The van der Waals surface area contributed by atoms with Gasteiger partial charge >= 0.3 is 0 Å². The molecule has 0 aliphatic rings. The average molecular weight is 417 g/mol. The molecule has 10 heteroatoms. The molecule has 2 amide bonds. The molecule has 0 fully saturated rings. The molecule has 0 radical (unpaired) electrons. The van der Waals surface area contributed by atoms with Gasteiger partial charge in [0.15, 0.2) is 0 Å². The first-order valence-electron chi connectivity index (χ1n) is 8.11. The second-order valence-electron chi connectivity index (χ2n) is 5.55. The van der Waals surface area contributed by atoms with Crippen LogP contribution in [0.5, 0.6) is 0 Å². The van der Waals surface area contributed by atoms with Gasteiger partial charge in [0.05, 0.1) is 32.7 Å². The summed E-state index contributed by atoms with van der Waals surface area (Å²) in [6.45, 7) is -0.344. The maximum atomic E-state index is 12.9. The molecule has 0 aliphatic carbocycles. The summed E-state index contributed by atoms with van der Waals surface area (Å²) in [5.74, 6) is -0.811. The zero-order valence-electron chi connectivity index (χ0n) is 14.4. The van der Waals surface area contributed by atoms with Gasteiger partial charge in [-0.2, -0.15) is 0 Å². The molecule has 1 aromatic carbocycles. The lowest BCUT2D eigenvalue weighted by atomic mass is 10.2. The number of carbonyl (C=O) groups excluding carboxylic acids is 2. The third-order valence-electron chi connectivity index (χ3n) is 3.78. The number of aliphatic hydroxyl groups is 1. The number of benzene rings is 1. The molecule has 28 heavy (non-hydrogen) atoms. The van der Waals surface area contributed by atoms with E-state index in [4.69, 9.17) is 0 Å². The van der Waals surface area contributed by atoms with Crippen LogP contribution in [0.15, 0.2) is 53.2 Å². The van der Waals surface area contributed by atoms with Crippen molar-refractivity contribution in [1.29, 1.82) is 0 Å². The number of hydrogen-bond donors (Lipinski definition) is 2. The lowest BCUT2D eigenvalue weighted by molar-refractivity contribution is -0.384. The SMILES string of the molecule is O=C(Nc1cc([N+](=O)[O-])ccc1N(CCO)C(=O)c1cccs1)c1cccs1. The Balaban J connectivity index is 2.02. The molecule has 8 nitrogen and oxygen atoms in total. The van der Waals surface area contributed by atoms with Gasteiger partial charge in [-0.25, -0.2) is 0 Å². The van der Waals surface area contributed by atoms with Gasteiger partial charge in [0.2, 0.25) is 0 Å². The van der Waals surface area contributed by atoms with Gasteiger partial charge in [-0.15, -0.1) is 22.7 Å². The minimum atomic E-state index is -0.581. The van der Waals surface area contributed by atoms with Crippen LogP contribution in [0.4, 0.5) is 17.1 Å². The summed E-state index contributed by atoms with van der Waals surface area (Å²) in [4.78, 5) is 38.1. The second-order valence-corrected chi connectivity index (χ2v) is 7.44. The summed E-state index contributed by atoms with van der Waals surface area (Å²) in [5.41, 5.74) is 0.159. The van der Waals surface area contributed by atoms with Crippen LogP contribution in [0.25, 0.3) is 0 Å². The molecule has 0 aliphatic heterocycles. The Hall–Kier alpha value is -3.08. The first-order chi connectivity index (χ1) is 13.5. The Morgan fingerprint density at radius 3 is 2.36 bits per heavy atom. The summed E-state index contributed by atoms with van der Waals surface area (Å²) in [6.07, 6.45) is 0.